The van der Waals surface area contributed by atoms with Crippen LogP contribution in [0.15, 0.2) is 18.2 Å². The predicted octanol–water partition coefficient (Wildman–Crippen LogP) is 1.59. The number of aryl methyl sites for hydroxylation is 1. The van der Waals surface area contributed by atoms with Crippen molar-refractivity contribution in [1.82, 2.24) is 4.98 Å². The van der Waals surface area contributed by atoms with Gasteiger partial charge in [-0.2, -0.15) is 0 Å². The maximum atomic E-state index is 10.1. The summed E-state index contributed by atoms with van der Waals surface area (Å²) in [6, 6.07) is 5.58. The Morgan fingerprint density at radius 1 is 1.50 bits per heavy atom. The number of pyridine rings is 1. The smallest absolute Gasteiger partial charge is 0.213 e. The van der Waals surface area contributed by atoms with Crippen LogP contribution in [-0.4, -0.2) is 18.2 Å². The van der Waals surface area contributed by atoms with Gasteiger partial charge < -0.3 is 4.74 Å². The molecule has 0 aliphatic carbocycles. The highest BCUT2D eigenvalue weighted by atomic mass is 16.5. The summed E-state index contributed by atoms with van der Waals surface area (Å²) < 4.78 is 5.22. The molecule has 0 aromatic carbocycles. The molecule has 0 aliphatic heterocycles. The zero-order valence-corrected chi connectivity index (χ0v) is 7.12. The van der Waals surface area contributed by atoms with Crippen molar-refractivity contribution >= 4 is 0 Å². The molecule has 3 heteroatoms. The SMILES string of the molecule is Cc1cccc(OCCC[O])n1. The number of rotatable bonds is 4. The van der Waals surface area contributed by atoms with Crippen LogP contribution >= 0.6 is 0 Å². The van der Waals surface area contributed by atoms with E-state index in [9.17, 15) is 5.11 Å². The maximum absolute atomic E-state index is 10.1. The summed E-state index contributed by atoms with van der Waals surface area (Å²) in [4.78, 5) is 4.12. The Labute approximate surface area is 72.0 Å². The number of ether oxygens (including phenoxy) is 1. The fourth-order valence-electron chi connectivity index (χ4n) is 0.834. The molecule has 0 N–H and O–H groups in total. The molecule has 0 saturated heterocycles. The quantitative estimate of drug-likeness (QED) is 0.637. The molecule has 1 radical (unpaired) electrons. The zero-order chi connectivity index (χ0) is 8.81. The molecule has 1 aromatic rings. The minimum Gasteiger partial charge on any atom is -0.478 e. The lowest BCUT2D eigenvalue weighted by Crippen LogP contribution is -2.00. The van der Waals surface area contributed by atoms with Crippen LogP contribution in [0.2, 0.25) is 0 Å². The van der Waals surface area contributed by atoms with Crippen molar-refractivity contribution in [3.63, 3.8) is 0 Å². The minimum absolute atomic E-state index is 0.0915. The second-order valence-corrected chi connectivity index (χ2v) is 2.52. The molecule has 0 unspecified atom stereocenters. The minimum atomic E-state index is -0.0915. The Bertz CT molecular complexity index is 238. The summed E-state index contributed by atoms with van der Waals surface area (Å²) in [6.45, 7) is 2.27. The van der Waals surface area contributed by atoms with E-state index in [2.05, 4.69) is 4.98 Å². The highest BCUT2D eigenvalue weighted by molar-refractivity contribution is 5.14. The van der Waals surface area contributed by atoms with Gasteiger partial charge in [0.2, 0.25) is 5.88 Å². The third kappa shape index (κ3) is 2.88. The number of aromatic nitrogens is 1. The summed E-state index contributed by atoms with van der Waals surface area (Å²) >= 11 is 0. The van der Waals surface area contributed by atoms with Crippen molar-refractivity contribution in [2.45, 2.75) is 13.3 Å². The first-order valence-electron chi connectivity index (χ1n) is 3.97. The standard InChI is InChI=1S/C9H12NO2/c1-8-4-2-5-9(10-8)12-7-3-6-11/h2,4-5H,3,6-7H2,1H3. The molecule has 0 saturated carbocycles. The van der Waals surface area contributed by atoms with Crippen molar-refractivity contribution in [3.8, 4) is 5.88 Å². The van der Waals surface area contributed by atoms with Crippen LogP contribution < -0.4 is 4.74 Å². The number of nitrogens with zero attached hydrogens (tertiary/aromatic N) is 1. The Kier molecular flexibility index (Phi) is 3.54. The van der Waals surface area contributed by atoms with E-state index in [-0.39, 0.29) is 6.61 Å². The van der Waals surface area contributed by atoms with E-state index in [4.69, 9.17) is 4.74 Å². The molecular weight excluding hydrogens is 154 g/mol. The van der Waals surface area contributed by atoms with Crippen molar-refractivity contribution in [3.05, 3.63) is 23.9 Å². The van der Waals surface area contributed by atoms with E-state index in [1.165, 1.54) is 0 Å². The lowest BCUT2D eigenvalue weighted by atomic mass is 10.4. The fraction of sp³-hybridized carbons (Fsp3) is 0.444. The Hall–Kier alpha value is -1.09. The molecule has 0 fully saturated rings. The van der Waals surface area contributed by atoms with Crippen molar-refractivity contribution < 1.29 is 9.84 Å². The molecule has 1 heterocycles. The molecule has 12 heavy (non-hydrogen) atoms. The average molecular weight is 166 g/mol. The summed E-state index contributed by atoms with van der Waals surface area (Å²) in [5, 5.41) is 10.1. The van der Waals surface area contributed by atoms with E-state index < -0.39 is 0 Å². The van der Waals surface area contributed by atoms with Gasteiger partial charge in [0.25, 0.3) is 0 Å². The Balaban J connectivity index is 2.41. The molecule has 65 valence electrons. The molecule has 3 nitrogen and oxygen atoms in total. The van der Waals surface area contributed by atoms with Crippen LogP contribution in [0.5, 0.6) is 5.88 Å². The first-order chi connectivity index (χ1) is 5.83. The van der Waals surface area contributed by atoms with Gasteiger partial charge in [-0.3, -0.25) is 0 Å². The van der Waals surface area contributed by atoms with Crippen molar-refractivity contribution in [1.29, 1.82) is 0 Å². The number of hydrogen-bond acceptors (Lipinski definition) is 2. The van der Waals surface area contributed by atoms with Crippen LogP contribution in [0.3, 0.4) is 0 Å². The molecule has 1 aromatic heterocycles. The van der Waals surface area contributed by atoms with Gasteiger partial charge in [-0.05, 0) is 13.0 Å². The normalized spacial score (nSPS) is 9.83. The lowest BCUT2D eigenvalue weighted by molar-refractivity contribution is 0.164. The maximum Gasteiger partial charge on any atom is 0.213 e. The van der Waals surface area contributed by atoms with Gasteiger partial charge in [-0.1, -0.05) is 6.07 Å². The summed E-state index contributed by atoms with van der Waals surface area (Å²) in [5.74, 6) is 0.600. The number of hydrogen-bond donors (Lipinski definition) is 0. The van der Waals surface area contributed by atoms with Crippen LogP contribution in [0.1, 0.15) is 12.1 Å². The molecule has 0 aliphatic rings. The third-order valence-corrected chi connectivity index (χ3v) is 1.40. The molecule has 1 rings (SSSR count). The molecule has 0 spiro atoms. The van der Waals surface area contributed by atoms with Gasteiger partial charge in [-0.15, -0.1) is 0 Å². The summed E-state index contributed by atoms with van der Waals surface area (Å²) in [5.41, 5.74) is 0.926. The lowest BCUT2D eigenvalue weighted by Gasteiger charge is -2.03. The van der Waals surface area contributed by atoms with Crippen LogP contribution in [-0.2, 0) is 5.11 Å². The van der Waals surface area contributed by atoms with E-state index in [1.807, 2.05) is 19.1 Å². The molecular formula is C9H12NO2. The van der Waals surface area contributed by atoms with E-state index in [0.29, 0.717) is 18.9 Å². The largest absolute Gasteiger partial charge is 0.478 e. The van der Waals surface area contributed by atoms with E-state index in [0.717, 1.165) is 5.69 Å². The first-order valence-corrected chi connectivity index (χ1v) is 3.97. The van der Waals surface area contributed by atoms with Gasteiger partial charge in [0.1, 0.15) is 0 Å². The molecule has 0 atom stereocenters. The third-order valence-electron chi connectivity index (χ3n) is 1.40. The van der Waals surface area contributed by atoms with Gasteiger partial charge in [0.05, 0.1) is 13.2 Å². The van der Waals surface area contributed by atoms with Crippen LogP contribution in [0.25, 0.3) is 0 Å². The monoisotopic (exact) mass is 166 g/mol. The van der Waals surface area contributed by atoms with Gasteiger partial charge >= 0.3 is 0 Å². The van der Waals surface area contributed by atoms with Crippen LogP contribution in [0.4, 0.5) is 0 Å². The molecule has 0 amide bonds. The van der Waals surface area contributed by atoms with Gasteiger partial charge in [0.15, 0.2) is 0 Å². The Morgan fingerprint density at radius 2 is 2.33 bits per heavy atom. The highest BCUT2D eigenvalue weighted by Crippen LogP contribution is 2.06. The average Bonchev–Trinajstić information content (AvgIpc) is 2.05. The molecule has 0 bridgehead atoms. The first kappa shape index (κ1) is 9.00. The van der Waals surface area contributed by atoms with E-state index in [1.54, 1.807) is 6.07 Å². The highest BCUT2D eigenvalue weighted by Gasteiger charge is 1.93. The zero-order valence-electron chi connectivity index (χ0n) is 7.12. The second-order valence-electron chi connectivity index (χ2n) is 2.52. The van der Waals surface area contributed by atoms with Crippen molar-refractivity contribution in [2.24, 2.45) is 0 Å². The van der Waals surface area contributed by atoms with Gasteiger partial charge in [-0.25, -0.2) is 10.1 Å². The predicted molar refractivity (Wildman–Crippen MR) is 44.6 cm³/mol. The van der Waals surface area contributed by atoms with Crippen LogP contribution in [0, 0.1) is 6.92 Å². The second kappa shape index (κ2) is 4.72. The van der Waals surface area contributed by atoms with Crippen molar-refractivity contribution in [2.75, 3.05) is 13.2 Å². The van der Waals surface area contributed by atoms with Gasteiger partial charge in [0, 0.05) is 18.2 Å². The Morgan fingerprint density at radius 3 is 3.00 bits per heavy atom. The summed E-state index contributed by atoms with van der Waals surface area (Å²) in [6.07, 6.45) is 0.537. The van der Waals surface area contributed by atoms with E-state index >= 15 is 0 Å². The fourth-order valence-corrected chi connectivity index (χ4v) is 0.834. The summed E-state index contributed by atoms with van der Waals surface area (Å²) in [7, 11) is 0. The topological polar surface area (TPSA) is 42.0 Å².